The van der Waals surface area contributed by atoms with Gasteiger partial charge >= 0.3 is 0 Å². The Morgan fingerprint density at radius 3 is 2.52 bits per heavy atom. The van der Waals surface area contributed by atoms with Crippen LogP contribution in [0.5, 0.6) is 0 Å². The average molecular weight is 361 g/mol. The molecule has 0 aliphatic carbocycles. The van der Waals surface area contributed by atoms with E-state index in [9.17, 15) is 0 Å². The maximum atomic E-state index is 6.11. The van der Waals surface area contributed by atoms with Gasteiger partial charge in [0, 0.05) is 11.3 Å². The molecule has 114 valence electrons. The summed E-state index contributed by atoms with van der Waals surface area (Å²) in [6.45, 7) is 0. The van der Waals surface area contributed by atoms with E-state index in [2.05, 4.69) is 10.2 Å². The van der Waals surface area contributed by atoms with E-state index < -0.39 is 0 Å². The number of benzene rings is 2. The van der Waals surface area contributed by atoms with Crippen molar-refractivity contribution >= 4 is 40.7 Å². The zero-order valence-corrected chi connectivity index (χ0v) is 14.1. The molecule has 0 unspecified atom stereocenters. The van der Waals surface area contributed by atoms with Crippen molar-refractivity contribution in [1.82, 2.24) is 14.9 Å². The lowest BCUT2D eigenvalue weighted by Gasteiger charge is -2.14. The Bertz CT molecular complexity index is 906. The van der Waals surface area contributed by atoms with E-state index in [-0.39, 0.29) is 0 Å². The second-order valence-electron chi connectivity index (χ2n) is 4.95. The Balaban J connectivity index is 1.81. The van der Waals surface area contributed by atoms with E-state index in [1.54, 1.807) is 28.6 Å². The minimum Gasteiger partial charge on any atom is -0.187 e. The highest BCUT2D eigenvalue weighted by atomic mass is 35.5. The van der Waals surface area contributed by atoms with Crippen LogP contribution in [0.2, 0.25) is 10.0 Å². The number of aromatic nitrogens is 3. The molecule has 3 aromatic rings. The van der Waals surface area contributed by atoms with Crippen molar-refractivity contribution < 1.29 is 0 Å². The Labute approximate surface area is 147 Å². The van der Waals surface area contributed by atoms with Crippen molar-refractivity contribution in [3.05, 3.63) is 64.1 Å². The molecule has 0 atom stereocenters. The fraction of sp³-hybridized carbons (Fsp3) is 0.0625. The molecule has 0 saturated carbocycles. The summed E-state index contributed by atoms with van der Waals surface area (Å²) >= 11 is 13.7. The molecule has 0 bridgehead atoms. The van der Waals surface area contributed by atoms with Gasteiger partial charge in [0.2, 0.25) is 5.16 Å². The molecule has 1 aliphatic rings. The summed E-state index contributed by atoms with van der Waals surface area (Å²) < 4.78 is 1.76. The van der Waals surface area contributed by atoms with Crippen LogP contribution in [0.3, 0.4) is 0 Å². The topological polar surface area (TPSA) is 43.1 Å². The van der Waals surface area contributed by atoms with Crippen LogP contribution in [0.1, 0.15) is 5.56 Å². The van der Waals surface area contributed by atoms with Gasteiger partial charge in [0.05, 0.1) is 15.8 Å². The van der Waals surface area contributed by atoms with Crippen molar-refractivity contribution in [2.75, 3.05) is 5.75 Å². The van der Waals surface area contributed by atoms with E-state index >= 15 is 0 Å². The minimum atomic E-state index is 0.484. The second kappa shape index (κ2) is 6.00. The van der Waals surface area contributed by atoms with Gasteiger partial charge < -0.3 is 0 Å². The van der Waals surface area contributed by atoms with E-state index in [1.165, 1.54) is 0 Å². The number of hydrogen-bond donors (Lipinski definition) is 0. The number of thioether (sulfide) groups is 1. The van der Waals surface area contributed by atoms with Crippen molar-refractivity contribution in [2.24, 2.45) is 5.10 Å². The standard InChI is InChI=1S/C16H10Cl2N4S/c17-12-7-6-11(8-13(12)18)15-19-20-16-22(15)21-14(9-23-16)10-4-2-1-3-5-10/h1-8H,9H2. The molecule has 7 heteroatoms. The molecule has 23 heavy (non-hydrogen) atoms. The molecule has 0 amide bonds. The molecule has 1 aromatic heterocycles. The third-order valence-electron chi connectivity index (χ3n) is 3.46. The number of halogens is 2. The maximum absolute atomic E-state index is 6.11. The molecule has 2 heterocycles. The van der Waals surface area contributed by atoms with Gasteiger partial charge in [-0.15, -0.1) is 10.2 Å². The normalized spacial score (nSPS) is 13.6. The van der Waals surface area contributed by atoms with Gasteiger partial charge in [-0.3, -0.25) is 0 Å². The molecule has 4 rings (SSSR count). The summed E-state index contributed by atoms with van der Waals surface area (Å²) in [6, 6.07) is 15.5. The SMILES string of the molecule is Clc1ccc(-c2nnc3n2N=C(c2ccccc2)CS3)cc1Cl. The summed E-state index contributed by atoms with van der Waals surface area (Å²) in [7, 11) is 0. The largest absolute Gasteiger partial charge is 0.212 e. The van der Waals surface area contributed by atoms with Crippen LogP contribution in [-0.4, -0.2) is 26.3 Å². The maximum Gasteiger partial charge on any atom is 0.212 e. The molecule has 0 saturated heterocycles. The zero-order chi connectivity index (χ0) is 15.8. The molecule has 0 N–H and O–H groups in total. The predicted octanol–water partition coefficient (Wildman–Crippen LogP) is 4.61. The highest BCUT2D eigenvalue weighted by molar-refractivity contribution is 7.99. The molecular weight excluding hydrogens is 351 g/mol. The van der Waals surface area contributed by atoms with Gasteiger partial charge in [0.1, 0.15) is 0 Å². The number of hydrogen-bond acceptors (Lipinski definition) is 4. The van der Waals surface area contributed by atoms with E-state index in [4.69, 9.17) is 28.3 Å². The Hall–Kier alpha value is -1.82. The Morgan fingerprint density at radius 2 is 1.74 bits per heavy atom. The third-order valence-corrected chi connectivity index (χ3v) is 5.13. The van der Waals surface area contributed by atoms with Gasteiger partial charge in [-0.05, 0) is 23.8 Å². The monoisotopic (exact) mass is 360 g/mol. The first-order chi connectivity index (χ1) is 11.2. The predicted molar refractivity (Wildman–Crippen MR) is 94.6 cm³/mol. The summed E-state index contributed by atoms with van der Waals surface area (Å²) in [5.41, 5.74) is 2.92. The van der Waals surface area contributed by atoms with Crippen molar-refractivity contribution in [1.29, 1.82) is 0 Å². The van der Waals surface area contributed by atoms with Crippen LogP contribution in [0, 0.1) is 0 Å². The van der Waals surface area contributed by atoms with E-state index in [0.29, 0.717) is 15.9 Å². The molecule has 1 aliphatic heterocycles. The molecule has 0 radical (unpaired) electrons. The molecule has 0 fully saturated rings. The van der Waals surface area contributed by atoms with Gasteiger partial charge in [-0.25, -0.2) is 0 Å². The highest BCUT2D eigenvalue weighted by Crippen LogP contribution is 2.31. The van der Waals surface area contributed by atoms with E-state index in [1.807, 2.05) is 36.4 Å². The van der Waals surface area contributed by atoms with Crippen LogP contribution in [0.4, 0.5) is 0 Å². The summed E-state index contributed by atoms with van der Waals surface area (Å²) in [5, 5.41) is 14.9. The lowest BCUT2D eigenvalue weighted by molar-refractivity contribution is 0.762. The molecule has 4 nitrogen and oxygen atoms in total. The van der Waals surface area contributed by atoms with Crippen LogP contribution in [-0.2, 0) is 0 Å². The Morgan fingerprint density at radius 1 is 0.913 bits per heavy atom. The van der Waals surface area contributed by atoms with Crippen LogP contribution in [0.25, 0.3) is 11.4 Å². The molecule has 2 aromatic carbocycles. The summed E-state index contributed by atoms with van der Waals surface area (Å²) in [6.07, 6.45) is 0. The van der Waals surface area contributed by atoms with Crippen LogP contribution < -0.4 is 0 Å². The smallest absolute Gasteiger partial charge is 0.187 e. The van der Waals surface area contributed by atoms with Crippen molar-refractivity contribution in [3.8, 4) is 11.4 Å². The first kappa shape index (κ1) is 14.8. The van der Waals surface area contributed by atoms with Crippen molar-refractivity contribution in [2.45, 2.75) is 5.16 Å². The lowest BCUT2D eigenvalue weighted by Crippen LogP contribution is -2.13. The fourth-order valence-corrected chi connectivity index (χ4v) is 3.45. The lowest BCUT2D eigenvalue weighted by atomic mass is 10.1. The van der Waals surface area contributed by atoms with Gasteiger partial charge in [0.25, 0.3) is 0 Å². The number of fused-ring (bicyclic) bond motifs is 1. The van der Waals surface area contributed by atoms with Gasteiger partial charge in [-0.1, -0.05) is 65.3 Å². The molecule has 0 spiro atoms. The van der Waals surface area contributed by atoms with Gasteiger partial charge in [0.15, 0.2) is 5.82 Å². The van der Waals surface area contributed by atoms with Gasteiger partial charge in [-0.2, -0.15) is 9.78 Å². The number of nitrogens with zero attached hydrogens (tertiary/aromatic N) is 4. The first-order valence-corrected chi connectivity index (χ1v) is 8.63. The zero-order valence-electron chi connectivity index (χ0n) is 11.8. The van der Waals surface area contributed by atoms with Crippen LogP contribution in [0.15, 0.2) is 58.8 Å². The minimum absolute atomic E-state index is 0.484. The highest BCUT2D eigenvalue weighted by Gasteiger charge is 2.21. The summed E-state index contributed by atoms with van der Waals surface area (Å²) in [5.74, 6) is 1.42. The number of rotatable bonds is 2. The molecular formula is C16H10Cl2N4S. The summed E-state index contributed by atoms with van der Waals surface area (Å²) in [4.78, 5) is 0. The average Bonchev–Trinajstić information content (AvgIpc) is 3.01. The third kappa shape index (κ3) is 2.76. The first-order valence-electron chi connectivity index (χ1n) is 6.89. The van der Waals surface area contributed by atoms with Crippen molar-refractivity contribution in [3.63, 3.8) is 0 Å². The Kier molecular flexibility index (Phi) is 3.85. The second-order valence-corrected chi connectivity index (χ2v) is 6.71. The van der Waals surface area contributed by atoms with E-state index in [0.717, 1.165) is 27.7 Å². The quantitative estimate of drug-likeness (QED) is 0.670. The fourth-order valence-electron chi connectivity index (χ4n) is 2.31. The van der Waals surface area contributed by atoms with Crippen LogP contribution >= 0.6 is 35.0 Å².